The molecule has 3 nitrogen and oxygen atoms in total. The molecule has 2 aromatic rings. The van der Waals surface area contributed by atoms with Crippen LogP contribution < -0.4 is 4.74 Å². The van der Waals surface area contributed by atoms with E-state index in [1.165, 1.54) is 17.8 Å². The van der Waals surface area contributed by atoms with Crippen LogP contribution in [0.3, 0.4) is 0 Å². The molecule has 0 atom stereocenters. The molecule has 0 aliphatic carbocycles. The molecule has 0 bridgehead atoms. The summed E-state index contributed by atoms with van der Waals surface area (Å²) < 4.78 is 5.12. The Morgan fingerprint density at radius 3 is 2.38 bits per heavy atom. The number of thioether (sulfide) groups is 1. The Hall–Kier alpha value is -2.20. The third-order valence-electron chi connectivity index (χ3n) is 2.87. The van der Waals surface area contributed by atoms with Gasteiger partial charge in [-0.3, -0.25) is 0 Å². The predicted octanol–water partition coefficient (Wildman–Crippen LogP) is 4.05. The topological polar surface area (TPSA) is 46.5 Å². The van der Waals surface area contributed by atoms with Crippen LogP contribution in [0.4, 0.5) is 0 Å². The van der Waals surface area contributed by atoms with E-state index in [1.54, 1.807) is 7.11 Å². The van der Waals surface area contributed by atoms with E-state index in [0.717, 1.165) is 21.8 Å². The summed E-state index contributed by atoms with van der Waals surface area (Å²) in [7, 11) is 1.63. The standard InChI is InChI=1S/C17H16O3S/c1-20-15-9-7-13(8-10-15)12-21-16(11-17(18)19)14-5-3-2-4-6-14/h2-11H,12H2,1H3,(H,18,19). The van der Waals surface area contributed by atoms with Gasteiger partial charge in [0, 0.05) is 16.7 Å². The van der Waals surface area contributed by atoms with Crippen molar-refractivity contribution in [2.75, 3.05) is 7.11 Å². The average molecular weight is 300 g/mol. The highest BCUT2D eigenvalue weighted by Gasteiger charge is 2.05. The van der Waals surface area contributed by atoms with Gasteiger partial charge in [0.25, 0.3) is 0 Å². The quantitative estimate of drug-likeness (QED) is 0.817. The van der Waals surface area contributed by atoms with Crippen LogP contribution in [0.1, 0.15) is 11.1 Å². The summed E-state index contributed by atoms with van der Waals surface area (Å²) in [5, 5.41) is 9.00. The number of rotatable bonds is 6. The van der Waals surface area contributed by atoms with Gasteiger partial charge in [-0.2, -0.15) is 0 Å². The third-order valence-corrected chi connectivity index (χ3v) is 4.01. The molecule has 0 spiro atoms. The Bertz CT molecular complexity index is 618. The van der Waals surface area contributed by atoms with Gasteiger partial charge < -0.3 is 9.84 Å². The molecule has 4 heteroatoms. The van der Waals surface area contributed by atoms with Crippen molar-refractivity contribution in [2.45, 2.75) is 5.75 Å². The van der Waals surface area contributed by atoms with E-state index in [4.69, 9.17) is 9.84 Å². The normalized spacial score (nSPS) is 11.2. The zero-order chi connectivity index (χ0) is 15.1. The van der Waals surface area contributed by atoms with Crippen molar-refractivity contribution in [3.63, 3.8) is 0 Å². The molecule has 108 valence electrons. The minimum absolute atomic E-state index is 0.706. The fourth-order valence-corrected chi connectivity index (χ4v) is 2.81. The van der Waals surface area contributed by atoms with Crippen molar-refractivity contribution >= 4 is 22.6 Å². The van der Waals surface area contributed by atoms with Gasteiger partial charge in [0.05, 0.1) is 7.11 Å². The monoisotopic (exact) mass is 300 g/mol. The van der Waals surface area contributed by atoms with Crippen LogP contribution in [0.15, 0.2) is 60.7 Å². The number of carbonyl (C=O) groups is 1. The minimum atomic E-state index is -0.934. The molecule has 0 saturated carbocycles. The number of methoxy groups -OCH3 is 1. The maximum Gasteiger partial charge on any atom is 0.329 e. The van der Waals surface area contributed by atoms with Crippen LogP contribution >= 0.6 is 11.8 Å². The summed E-state index contributed by atoms with van der Waals surface area (Å²) in [6.45, 7) is 0. The third kappa shape index (κ3) is 4.68. The number of aliphatic carboxylic acids is 1. The van der Waals surface area contributed by atoms with Gasteiger partial charge in [-0.05, 0) is 23.3 Å². The first-order valence-electron chi connectivity index (χ1n) is 6.45. The van der Waals surface area contributed by atoms with Crippen LogP contribution in [0.5, 0.6) is 5.75 Å². The summed E-state index contributed by atoms with van der Waals surface area (Å²) in [4.78, 5) is 11.7. The highest BCUT2D eigenvalue weighted by molar-refractivity contribution is 8.07. The van der Waals surface area contributed by atoms with E-state index in [2.05, 4.69) is 0 Å². The second-order valence-electron chi connectivity index (χ2n) is 4.35. The van der Waals surface area contributed by atoms with E-state index in [0.29, 0.717) is 5.75 Å². The Labute approximate surface area is 128 Å². The Morgan fingerprint density at radius 2 is 1.81 bits per heavy atom. The largest absolute Gasteiger partial charge is 0.497 e. The molecule has 0 aliphatic heterocycles. The van der Waals surface area contributed by atoms with Crippen LogP contribution in [-0.4, -0.2) is 18.2 Å². The van der Waals surface area contributed by atoms with Crippen molar-refractivity contribution in [1.82, 2.24) is 0 Å². The fraction of sp³-hybridized carbons (Fsp3) is 0.118. The van der Waals surface area contributed by atoms with E-state index >= 15 is 0 Å². The molecule has 0 saturated heterocycles. The van der Waals surface area contributed by atoms with E-state index in [-0.39, 0.29) is 0 Å². The van der Waals surface area contributed by atoms with Crippen molar-refractivity contribution in [1.29, 1.82) is 0 Å². The van der Waals surface area contributed by atoms with Gasteiger partial charge in [0.1, 0.15) is 5.75 Å². The second-order valence-corrected chi connectivity index (χ2v) is 5.37. The molecule has 2 rings (SSSR count). The van der Waals surface area contributed by atoms with E-state index < -0.39 is 5.97 Å². The summed E-state index contributed by atoms with van der Waals surface area (Å²) in [5.41, 5.74) is 2.03. The Morgan fingerprint density at radius 1 is 1.14 bits per heavy atom. The van der Waals surface area contributed by atoms with Crippen molar-refractivity contribution in [3.05, 3.63) is 71.8 Å². The fourth-order valence-electron chi connectivity index (χ4n) is 1.81. The predicted molar refractivity (Wildman–Crippen MR) is 86.3 cm³/mol. The molecule has 21 heavy (non-hydrogen) atoms. The summed E-state index contributed by atoms with van der Waals surface area (Å²) in [6, 6.07) is 17.3. The second kappa shape index (κ2) is 7.55. The Balaban J connectivity index is 2.11. The van der Waals surface area contributed by atoms with Gasteiger partial charge in [-0.1, -0.05) is 42.5 Å². The number of ether oxygens (including phenoxy) is 1. The molecular formula is C17H16O3S. The Kier molecular flexibility index (Phi) is 5.46. The van der Waals surface area contributed by atoms with Gasteiger partial charge >= 0.3 is 5.97 Å². The average Bonchev–Trinajstić information content (AvgIpc) is 2.52. The zero-order valence-corrected chi connectivity index (χ0v) is 12.5. The zero-order valence-electron chi connectivity index (χ0n) is 11.7. The van der Waals surface area contributed by atoms with Crippen LogP contribution in [0.25, 0.3) is 4.91 Å². The number of hydrogen-bond acceptors (Lipinski definition) is 3. The molecule has 0 aromatic heterocycles. The highest BCUT2D eigenvalue weighted by Crippen LogP contribution is 2.30. The lowest BCUT2D eigenvalue weighted by atomic mass is 10.2. The van der Waals surface area contributed by atoms with Gasteiger partial charge in [0.2, 0.25) is 0 Å². The molecular weight excluding hydrogens is 284 g/mol. The van der Waals surface area contributed by atoms with E-state index in [9.17, 15) is 4.79 Å². The molecule has 0 amide bonds. The first-order chi connectivity index (χ1) is 10.2. The van der Waals surface area contributed by atoms with Crippen molar-refractivity contribution < 1.29 is 14.6 Å². The smallest absolute Gasteiger partial charge is 0.329 e. The number of benzene rings is 2. The molecule has 0 aliphatic rings. The lowest BCUT2D eigenvalue weighted by Gasteiger charge is -2.07. The first-order valence-corrected chi connectivity index (χ1v) is 7.43. The minimum Gasteiger partial charge on any atom is -0.497 e. The van der Waals surface area contributed by atoms with Crippen molar-refractivity contribution in [2.24, 2.45) is 0 Å². The molecule has 1 N–H and O–H groups in total. The first kappa shape index (κ1) is 15.2. The van der Waals surface area contributed by atoms with Gasteiger partial charge in [-0.15, -0.1) is 11.8 Å². The summed E-state index contributed by atoms with van der Waals surface area (Å²) >= 11 is 1.51. The van der Waals surface area contributed by atoms with E-state index in [1.807, 2.05) is 54.6 Å². The van der Waals surface area contributed by atoms with Crippen LogP contribution in [0, 0.1) is 0 Å². The molecule has 0 fully saturated rings. The molecule has 2 aromatic carbocycles. The molecule has 0 radical (unpaired) electrons. The molecule has 0 unspecified atom stereocenters. The summed E-state index contributed by atoms with van der Waals surface area (Å²) in [5.74, 6) is 0.585. The highest BCUT2D eigenvalue weighted by atomic mass is 32.2. The lowest BCUT2D eigenvalue weighted by Crippen LogP contribution is -1.91. The van der Waals surface area contributed by atoms with Crippen molar-refractivity contribution in [3.8, 4) is 5.75 Å². The number of hydrogen-bond donors (Lipinski definition) is 1. The maximum absolute atomic E-state index is 11.0. The van der Waals surface area contributed by atoms with Gasteiger partial charge in [0.15, 0.2) is 0 Å². The number of carboxylic acid groups (broad SMARTS) is 1. The van der Waals surface area contributed by atoms with Crippen LogP contribution in [-0.2, 0) is 10.5 Å². The lowest BCUT2D eigenvalue weighted by molar-refractivity contribution is -0.131. The van der Waals surface area contributed by atoms with Crippen LogP contribution in [0.2, 0.25) is 0 Å². The SMILES string of the molecule is COc1ccc(CSC(=CC(=O)O)c2ccccc2)cc1. The maximum atomic E-state index is 11.0. The summed E-state index contributed by atoms with van der Waals surface area (Å²) in [6.07, 6.45) is 1.25. The van der Waals surface area contributed by atoms with Gasteiger partial charge in [-0.25, -0.2) is 4.79 Å². The number of carboxylic acids is 1. The molecule has 0 heterocycles.